The quantitative estimate of drug-likeness (QED) is 0.439. The van der Waals surface area contributed by atoms with Crippen molar-refractivity contribution in [3.63, 3.8) is 0 Å². The zero-order valence-electron chi connectivity index (χ0n) is 7.30. The third-order valence-electron chi connectivity index (χ3n) is 2.01. The Morgan fingerprint density at radius 3 is 2.67 bits per heavy atom. The zero-order valence-corrected chi connectivity index (χ0v) is 11.0. The minimum absolute atomic E-state index is 0.0657. The monoisotopic (exact) mass is 351 g/mol. The highest BCUT2D eigenvalue weighted by Gasteiger charge is 2.10. The van der Waals surface area contributed by atoms with E-state index in [1.807, 2.05) is 0 Å². The minimum atomic E-state index is -0.0657. The molecule has 2 aromatic rings. The van der Waals surface area contributed by atoms with E-state index in [2.05, 4.69) is 4.98 Å². The Morgan fingerprint density at radius 1 is 1.27 bits per heavy atom. The first kappa shape index (κ1) is 11.1. The van der Waals surface area contributed by atoms with Gasteiger partial charge in [0.15, 0.2) is 0 Å². The second kappa shape index (κ2) is 4.23. The first-order valence-electron chi connectivity index (χ1n) is 4.03. The molecule has 0 unspecified atom stereocenters. The molecule has 0 saturated carbocycles. The molecule has 0 fully saturated rings. The first-order valence-corrected chi connectivity index (χ1v) is 5.86. The number of benzene rings is 1. The molecule has 0 aliphatic heterocycles. The predicted octanol–water partition coefficient (Wildman–Crippen LogP) is 4.12. The molecule has 0 N–H and O–H groups in total. The van der Waals surface area contributed by atoms with Crippen LogP contribution in [0.25, 0.3) is 10.8 Å². The number of halogens is 3. The van der Waals surface area contributed by atoms with Crippen molar-refractivity contribution in [2.24, 2.45) is 0 Å². The molecule has 1 aromatic heterocycles. The fraction of sp³-hybridized carbons (Fsp3) is 0. The molecule has 0 aliphatic rings. The van der Waals surface area contributed by atoms with Gasteiger partial charge in [-0.05, 0) is 17.5 Å². The molecule has 0 aliphatic carbocycles. The Morgan fingerprint density at radius 2 is 2.00 bits per heavy atom. The number of aromatic nitrogens is 1. The maximum atomic E-state index is 11.3. The highest BCUT2D eigenvalue weighted by molar-refractivity contribution is 14.1. The van der Waals surface area contributed by atoms with Gasteiger partial charge in [0.1, 0.15) is 5.15 Å². The van der Waals surface area contributed by atoms with Gasteiger partial charge in [-0.1, -0.05) is 29.3 Å². The Balaban J connectivity index is 2.88. The summed E-state index contributed by atoms with van der Waals surface area (Å²) in [5.41, 5.74) is 0.548. The molecular formula is C10H4Cl2INO. The summed E-state index contributed by atoms with van der Waals surface area (Å²) in [6.07, 6.45) is 1.48. The lowest BCUT2D eigenvalue weighted by Crippen LogP contribution is -1.92. The van der Waals surface area contributed by atoms with Crippen LogP contribution in [0.5, 0.6) is 0 Å². The number of nitrogens with zero attached hydrogens (tertiary/aromatic N) is 1. The number of hydrogen-bond acceptors (Lipinski definition) is 2. The molecule has 2 nitrogen and oxygen atoms in total. The number of rotatable bonds is 1. The molecular weight excluding hydrogens is 348 g/mol. The third kappa shape index (κ3) is 2.09. The summed E-state index contributed by atoms with van der Waals surface area (Å²) in [4.78, 5) is 15.3. The molecule has 0 atom stereocenters. The van der Waals surface area contributed by atoms with Crippen molar-refractivity contribution >= 4 is 60.4 Å². The predicted molar refractivity (Wildman–Crippen MR) is 70.1 cm³/mol. The fourth-order valence-electron chi connectivity index (χ4n) is 1.34. The van der Waals surface area contributed by atoms with E-state index in [9.17, 15) is 4.79 Å². The molecule has 0 bridgehead atoms. The summed E-state index contributed by atoms with van der Waals surface area (Å²) >= 11 is 13.5. The Bertz CT molecular complexity index is 556. The van der Waals surface area contributed by atoms with Crippen LogP contribution in [0.3, 0.4) is 0 Å². The molecule has 76 valence electrons. The Labute approximate surface area is 110 Å². The van der Waals surface area contributed by atoms with Crippen LogP contribution in [0, 0.1) is 0 Å². The van der Waals surface area contributed by atoms with Gasteiger partial charge in [-0.3, -0.25) is 4.79 Å². The Kier molecular flexibility index (Phi) is 3.13. The van der Waals surface area contributed by atoms with Crippen LogP contribution in [0.2, 0.25) is 10.2 Å². The number of hydrogen-bond donors (Lipinski definition) is 0. The molecule has 0 spiro atoms. The van der Waals surface area contributed by atoms with Gasteiger partial charge in [-0.2, -0.15) is 0 Å². The van der Waals surface area contributed by atoms with Crippen LogP contribution in [0.1, 0.15) is 10.4 Å². The molecule has 0 radical (unpaired) electrons. The van der Waals surface area contributed by atoms with Crippen LogP contribution in [0.4, 0.5) is 0 Å². The van der Waals surface area contributed by atoms with Gasteiger partial charge >= 0.3 is 0 Å². The van der Waals surface area contributed by atoms with Gasteiger partial charge in [-0.25, -0.2) is 4.98 Å². The molecule has 1 heterocycles. The van der Waals surface area contributed by atoms with Gasteiger partial charge < -0.3 is 0 Å². The second-order valence-electron chi connectivity index (χ2n) is 2.93. The molecule has 5 heteroatoms. The third-order valence-corrected chi connectivity index (χ3v) is 3.13. The van der Waals surface area contributed by atoms with Crippen LogP contribution in [-0.2, 0) is 0 Å². The fourth-order valence-corrected chi connectivity index (χ4v) is 2.15. The summed E-state index contributed by atoms with van der Waals surface area (Å²) in [6.45, 7) is 0. The molecule has 0 amide bonds. The molecule has 2 rings (SSSR count). The van der Waals surface area contributed by atoms with Crippen LogP contribution >= 0.6 is 45.8 Å². The lowest BCUT2D eigenvalue weighted by molar-refractivity contribution is 0.110. The van der Waals surface area contributed by atoms with E-state index in [0.717, 1.165) is 5.39 Å². The van der Waals surface area contributed by atoms with E-state index in [1.54, 1.807) is 40.8 Å². The van der Waals surface area contributed by atoms with E-state index >= 15 is 0 Å². The molecule has 0 saturated heterocycles. The normalized spacial score (nSPS) is 10.6. The molecule has 1 aromatic carbocycles. The van der Waals surface area contributed by atoms with Gasteiger partial charge in [0, 0.05) is 39.2 Å². The van der Waals surface area contributed by atoms with Crippen LogP contribution in [-0.4, -0.2) is 8.77 Å². The first-order chi connectivity index (χ1) is 7.09. The van der Waals surface area contributed by atoms with Crippen molar-refractivity contribution < 1.29 is 4.79 Å². The summed E-state index contributed by atoms with van der Waals surface area (Å²) in [7, 11) is 0. The van der Waals surface area contributed by atoms with Crippen molar-refractivity contribution in [3.8, 4) is 0 Å². The van der Waals surface area contributed by atoms with Crippen molar-refractivity contribution in [1.82, 2.24) is 4.98 Å². The van der Waals surface area contributed by atoms with Crippen molar-refractivity contribution in [3.05, 3.63) is 40.1 Å². The maximum absolute atomic E-state index is 11.3. The average Bonchev–Trinajstić information content (AvgIpc) is 2.19. The topological polar surface area (TPSA) is 30.0 Å². The Hall–Kier alpha value is -0.390. The lowest BCUT2D eigenvalue weighted by Gasteiger charge is -2.04. The van der Waals surface area contributed by atoms with E-state index in [0.29, 0.717) is 21.1 Å². The van der Waals surface area contributed by atoms with Gasteiger partial charge in [0.2, 0.25) is 3.79 Å². The summed E-state index contributed by atoms with van der Waals surface area (Å²) in [5, 5.41) is 2.41. The van der Waals surface area contributed by atoms with Gasteiger partial charge in [0.25, 0.3) is 0 Å². The highest BCUT2D eigenvalue weighted by Crippen LogP contribution is 2.28. The average molecular weight is 352 g/mol. The second-order valence-corrected chi connectivity index (χ2v) is 4.70. The maximum Gasteiger partial charge on any atom is 0.224 e. The van der Waals surface area contributed by atoms with Crippen molar-refractivity contribution in [1.29, 1.82) is 0 Å². The summed E-state index contributed by atoms with van der Waals surface area (Å²) in [6, 6.07) is 5.20. The summed E-state index contributed by atoms with van der Waals surface area (Å²) in [5.74, 6) is 0. The largest absolute Gasteiger partial charge is 0.282 e. The highest BCUT2D eigenvalue weighted by atomic mass is 127. The van der Waals surface area contributed by atoms with E-state index in [4.69, 9.17) is 23.2 Å². The SMILES string of the molecule is O=C(I)c1cnc(Cl)c2cc(Cl)ccc12. The number of carbonyl (C=O) groups excluding carboxylic acids is 1. The lowest BCUT2D eigenvalue weighted by atomic mass is 10.1. The van der Waals surface area contributed by atoms with Gasteiger partial charge in [0.05, 0.1) is 5.56 Å². The standard InChI is InChI=1S/C10H4Cl2INO/c11-5-1-2-6-7(3-5)9(12)14-4-8(6)10(13)15/h1-4H. The van der Waals surface area contributed by atoms with E-state index in [-0.39, 0.29) is 3.79 Å². The number of pyridine rings is 1. The van der Waals surface area contributed by atoms with Crippen molar-refractivity contribution in [2.45, 2.75) is 0 Å². The number of carbonyl (C=O) groups is 1. The minimum Gasteiger partial charge on any atom is -0.282 e. The van der Waals surface area contributed by atoms with Gasteiger partial charge in [-0.15, -0.1) is 0 Å². The smallest absolute Gasteiger partial charge is 0.224 e. The van der Waals surface area contributed by atoms with Crippen LogP contribution < -0.4 is 0 Å². The zero-order chi connectivity index (χ0) is 11.0. The molecule has 15 heavy (non-hydrogen) atoms. The summed E-state index contributed by atoms with van der Waals surface area (Å²) < 4.78 is -0.0657. The number of fused-ring (bicyclic) bond motifs is 1. The van der Waals surface area contributed by atoms with Crippen molar-refractivity contribution in [2.75, 3.05) is 0 Å². The van der Waals surface area contributed by atoms with E-state index < -0.39 is 0 Å². The van der Waals surface area contributed by atoms with E-state index in [1.165, 1.54) is 6.20 Å². The van der Waals surface area contributed by atoms with Crippen LogP contribution in [0.15, 0.2) is 24.4 Å².